The fourth-order valence-electron chi connectivity index (χ4n) is 2.86. The first-order valence-electron chi connectivity index (χ1n) is 7.95. The van der Waals surface area contributed by atoms with Crippen LogP contribution in [0, 0.1) is 0 Å². The van der Waals surface area contributed by atoms with Crippen LogP contribution in [-0.4, -0.2) is 29.7 Å². The van der Waals surface area contributed by atoms with E-state index in [0.717, 1.165) is 21.4 Å². The summed E-state index contributed by atoms with van der Waals surface area (Å²) in [6.45, 7) is 1.99. The molecule has 0 radical (unpaired) electrons. The highest BCUT2D eigenvalue weighted by molar-refractivity contribution is 9.10. The zero-order valence-electron chi connectivity index (χ0n) is 13.9. The standard InChI is InChI=1S/C19H17BrN2O3/c1-3-16(11-4-7-13(20)8-5-11)21-17(23)12-6-9-14-15(10-12)19(25)22(2)18(14)24/h4-10,16H,3H2,1-2H3,(H,21,23). The average molecular weight is 401 g/mol. The lowest BCUT2D eigenvalue weighted by molar-refractivity contribution is 0.0693. The zero-order valence-corrected chi connectivity index (χ0v) is 15.5. The van der Waals surface area contributed by atoms with E-state index in [1.54, 1.807) is 6.07 Å². The minimum absolute atomic E-state index is 0.131. The van der Waals surface area contributed by atoms with Gasteiger partial charge in [0, 0.05) is 17.1 Å². The normalized spacial score (nSPS) is 14.4. The Balaban J connectivity index is 1.83. The van der Waals surface area contributed by atoms with Crippen molar-refractivity contribution in [3.8, 4) is 0 Å². The van der Waals surface area contributed by atoms with Gasteiger partial charge in [0.05, 0.1) is 17.2 Å². The summed E-state index contributed by atoms with van der Waals surface area (Å²) in [5.74, 6) is -0.991. The summed E-state index contributed by atoms with van der Waals surface area (Å²) in [7, 11) is 1.44. The van der Waals surface area contributed by atoms with Crippen molar-refractivity contribution in [3.63, 3.8) is 0 Å². The van der Waals surface area contributed by atoms with Gasteiger partial charge in [-0.1, -0.05) is 35.0 Å². The van der Waals surface area contributed by atoms with Crippen molar-refractivity contribution in [1.82, 2.24) is 10.2 Å². The van der Waals surface area contributed by atoms with E-state index in [1.165, 1.54) is 19.2 Å². The Morgan fingerprint density at radius 1 is 1.08 bits per heavy atom. The maximum atomic E-state index is 12.6. The highest BCUT2D eigenvalue weighted by atomic mass is 79.9. The number of hydrogen-bond acceptors (Lipinski definition) is 3. The number of amides is 3. The molecule has 0 bridgehead atoms. The number of imide groups is 1. The summed E-state index contributed by atoms with van der Waals surface area (Å²) in [6, 6.07) is 12.2. The van der Waals surface area contributed by atoms with Crippen LogP contribution in [0.3, 0.4) is 0 Å². The van der Waals surface area contributed by atoms with Crippen LogP contribution in [0.4, 0.5) is 0 Å². The lowest BCUT2D eigenvalue weighted by atomic mass is 10.0. The van der Waals surface area contributed by atoms with Gasteiger partial charge in [-0.25, -0.2) is 0 Å². The quantitative estimate of drug-likeness (QED) is 0.797. The molecule has 3 amide bonds. The smallest absolute Gasteiger partial charge is 0.261 e. The fourth-order valence-corrected chi connectivity index (χ4v) is 3.12. The molecule has 3 rings (SSSR count). The number of fused-ring (bicyclic) bond motifs is 1. The molecule has 0 saturated carbocycles. The van der Waals surface area contributed by atoms with E-state index in [9.17, 15) is 14.4 Å². The number of carbonyl (C=O) groups excluding carboxylic acids is 3. The number of rotatable bonds is 4. The van der Waals surface area contributed by atoms with Crippen LogP contribution in [0.5, 0.6) is 0 Å². The highest BCUT2D eigenvalue weighted by Gasteiger charge is 2.33. The van der Waals surface area contributed by atoms with Gasteiger partial charge in [-0.15, -0.1) is 0 Å². The summed E-state index contributed by atoms with van der Waals surface area (Å²) in [4.78, 5) is 37.7. The van der Waals surface area contributed by atoms with Crippen molar-refractivity contribution >= 4 is 33.7 Å². The van der Waals surface area contributed by atoms with E-state index in [4.69, 9.17) is 0 Å². The van der Waals surface area contributed by atoms with E-state index in [-0.39, 0.29) is 29.3 Å². The highest BCUT2D eigenvalue weighted by Crippen LogP contribution is 2.24. The fraction of sp³-hybridized carbons (Fsp3) is 0.211. The van der Waals surface area contributed by atoms with Crippen molar-refractivity contribution in [2.24, 2.45) is 0 Å². The van der Waals surface area contributed by atoms with Gasteiger partial charge < -0.3 is 5.32 Å². The van der Waals surface area contributed by atoms with Gasteiger partial charge in [0.1, 0.15) is 0 Å². The van der Waals surface area contributed by atoms with Crippen LogP contribution in [-0.2, 0) is 0 Å². The third-order valence-electron chi connectivity index (χ3n) is 4.34. The van der Waals surface area contributed by atoms with Crippen LogP contribution < -0.4 is 5.32 Å². The molecule has 0 fully saturated rings. The van der Waals surface area contributed by atoms with Crippen molar-refractivity contribution in [2.45, 2.75) is 19.4 Å². The van der Waals surface area contributed by atoms with Crippen LogP contribution in [0.25, 0.3) is 0 Å². The van der Waals surface area contributed by atoms with Gasteiger partial charge >= 0.3 is 0 Å². The van der Waals surface area contributed by atoms with Crippen LogP contribution in [0.15, 0.2) is 46.9 Å². The molecular formula is C19H17BrN2O3. The lowest BCUT2D eigenvalue weighted by Crippen LogP contribution is -2.28. The van der Waals surface area contributed by atoms with Gasteiger partial charge in [0.15, 0.2) is 0 Å². The van der Waals surface area contributed by atoms with E-state index in [1.807, 2.05) is 31.2 Å². The molecule has 0 aromatic heterocycles. The summed E-state index contributed by atoms with van der Waals surface area (Å²) < 4.78 is 0.975. The molecule has 6 heteroatoms. The molecule has 0 saturated heterocycles. The molecule has 1 heterocycles. The van der Waals surface area contributed by atoms with Gasteiger partial charge in [0.2, 0.25) is 0 Å². The minimum Gasteiger partial charge on any atom is -0.345 e. The molecule has 0 spiro atoms. The molecule has 1 aliphatic heterocycles. The summed E-state index contributed by atoms with van der Waals surface area (Å²) in [5.41, 5.74) is 1.98. The molecule has 2 aromatic rings. The first-order valence-corrected chi connectivity index (χ1v) is 8.74. The number of nitrogens with one attached hydrogen (secondary N) is 1. The van der Waals surface area contributed by atoms with E-state index < -0.39 is 0 Å². The molecule has 128 valence electrons. The second-order valence-corrected chi connectivity index (χ2v) is 6.83. The monoisotopic (exact) mass is 400 g/mol. The van der Waals surface area contributed by atoms with Gasteiger partial charge in [-0.3, -0.25) is 19.3 Å². The molecule has 25 heavy (non-hydrogen) atoms. The molecule has 0 aliphatic carbocycles. The Kier molecular flexibility index (Phi) is 4.72. The largest absolute Gasteiger partial charge is 0.345 e. The molecule has 2 aromatic carbocycles. The lowest BCUT2D eigenvalue weighted by Gasteiger charge is -2.18. The predicted octanol–water partition coefficient (Wildman–Crippen LogP) is 3.56. The zero-order chi connectivity index (χ0) is 18.1. The van der Waals surface area contributed by atoms with Gasteiger partial charge in [-0.05, 0) is 42.3 Å². The van der Waals surface area contributed by atoms with Gasteiger partial charge in [-0.2, -0.15) is 0 Å². The third-order valence-corrected chi connectivity index (χ3v) is 4.87. The van der Waals surface area contributed by atoms with Crippen molar-refractivity contribution < 1.29 is 14.4 Å². The summed E-state index contributed by atoms with van der Waals surface area (Å²) >= 11 is 3.40. The molecule has 1 aliphatic rings. The number of nitrogens with zero attached hydrogens (tertiary/aromatic N) is 1. The Hall–Kier alpha value is -2.47. The van der Waals surface area contributed by atoms with E-state index in [2.05, 4.69) is 21.2 Å². The Morgan fingerprint density at radius 3 is 2.36 bits per heavy atom. The number of benzene rings is 2. The Morgan fingerprint density at radius 2 is 1.72 bits per heavy atom. The Labute approximate surface area is 154 Å². The first kappa shape index (κ1) is 17.4. The predicted molar refractivity (Wildman–Crippen MR) is 97.5 cm³/mol. The van der Waals surface area contributed by atoms with Crippen LogP contribution in [0.1, 0.15) is 56.0 Å². The summed E-state index contributed by atoms with van der Waals surface area (Å²) in [6.07, 6.45) is 0.735. The number of hydrogen-bond donors (Lipinski definition) is 1. The van der Waals surface area contributed by atoms with Crippen LogP contribution >= 0.6 is 15.9 Å². The van der Waals surface area contributed by atoms with Crippen molar-refractivity contribution in [2.75, 3.05) is 7.05 Å². The second-order valence-electron chi connectivity index (χ2n) is 5.92. The average Bonchev–Trinajstić information content (AvgIpc) is 2.84. The topological polar surface area (TPSA) is 66.5 Å². The van der Waals surface area contributed by atoms with E-state index in [0.29, 0.717) is 11.1 Å². The maximum absolute atomic E-state index is 12.6. The van der Waals surface area contributed by atoms with E-state index >= 15 is 0 Å². The van der Waals surface area contributed by atoms with Crippen molar-refractivity contribution in [1.29, 1.82) is 0 Å². The van der Waals surface area contributed by atoms with Crippen LogP contribution in [0.2, 0.25) is 0 Å². The minimum atomic E-state index is -0.380. The molecular weight excluding hydrogens is 384 g/mol. The molecule has 1 N–H and O–H groups in total. The number of carbonyl (C=O) groups is 3. The molecule has 1 unspecified atom stereocenters. The van der Waals surface area contributed by atoms with Gasteiger partial charge in [0.25, 0.3) is 17.7 Å². The SMILES string of the molecule is CCC(NC(=O)c1ccc2c(c1)C(=O)N(C)C2=O)c1ccc(Br)cc1. The number of halogens is 1. The third kappa shape index (κ3) is 3.22. The maximum Gasteiger partial charge on any atom is 0.261 e. The van der Waals surface area contributed by atoms with Crippen molar-refractivity contribution in [3.05, 3.63) is 69.2 Å². The first-order chi connectivity index (χ1) is 11.9. The molecule has 1 atom stereocenters. The summed E-state index contributed by atoms with van der Waals surface area (Å²) in [5, 5.41) is 2.98. The second kappa shape index (κ2) is 6.80. The molecule has 5 nitrogen and oxygen atoms in total. The Bertz CT molecular complexity index is 861.